The summed E-state index contributed by atoms with van der Waals surface area (Å²) >= 11 is 0. The van der Waals surface area contributed by atoms with Crippen LogP contribution in [0.15, 0.2) is 231 Å². The van der Waals surface area contributed by atoms with Crippen LogP contribution in [-0.2, 0) is 17.9 Å². The van der Waals surface area contributed by atoms with Gasteiger partial charge >= 0.3 is 5.97 Å². The van der Waals surface area contributed by atoms with E-state index >= 15 is 0 Å². The monoisotopic (exact) mass is 1630 g/mol. The van der Waals surface area contributed by atoms with Crippen LogP contribution in [-0.4, -0.2) is 135 Å². The summed E-state index contributed by atoms with van der Waals surface area (Å²) in [6.07, 6.45) is 3.95. The van der Waals surface area contributed by atoms with Crippen molar-refractivity contribution in [3.05, 3.63) is 275 Å². The van der Waals surface area contributed by atoms with Gasteiger partial charge in [-0.1, -0.05) is 119 Å². The Bertz CT molecular complexity index is 6110. The third-order valence-corrected chi connectivity index (χ3v) is 19.8. The molecule has 1 fully saturated rings. The van der Waals surface area contributed by atoms with Crippen LogP contribution in [0, 0.1) is 51.0 Å². The number of anilines is 1. The van der Waals surface area contributed by atoms with E-state index < -0.39 is 29.2 Å². The van der Waals surface area contributed by atoms with Gasteiger partial charge in [-0.2, -0.15) is 19.9 Å². The number of aromatic nitrogens is 9. The highest BCUT2D eigenvalue weighted by atomic mass is 19.1. The van der Waals surface area contributed by atoms with Crippen molar-refractivity contribution >= 4 is 11.8 Å². The summed E-state index contributed by atoms with van der Waals surface area (Å²) in [6, 6.07) is 59.4. The van der Waals surface area contributed by atoms with Gasteiger partial charge < -0.3 is 61.8 Å². The van der Waals surface area contributed by atoms with Crippen LogP contribution in [0.1, 0.15) is 64.0 Å². The Morgan fingerprint density at radius 1 is 0.442 bits per heavy atom. The number of methoxy groups -OCH3 is 5. The van der Waals surface area contributed by atoms with Gasteiger partial charge in [0.25, 0.3) is 23.6 Å². The van der Waals surface area contributed by atoms with Crippen LogP contribution in [0.25, 0.3) is 125 Å². The first kappa shape index (κ1) is 85.4. The SMILES string of the molecule is C.COCC1CCCN1c1ncc(-c2nc(-c3cc(F)ccc3OC)no2)cc1C.COc1ccc(F)cc1-c1noc(-c2ccc(-c3ccccc3C)c(C(=O)O)c2)n1.COc1ccc(F)cc1-c1noc(-c2ccc(-c3ccccc3C)c(CN(C)C)c2)n1.COc1ccc(F)cc1-c1noc(-c2ccc(-c3ccccc3C)c(CO)c2)n1. The van der Waals surface area contributed by atoms with Gasteiger partial charge in [-0.3, -0.25) is 0 Å². The molecule has 1 unspecified atom stereocenters. The fourth-order valence-electron chi connectivity index (χ4n) is 14.0. The average Bonchev–Trinajstić information content (AvgIpc) is 1.50. The molecule has 2 N–H and O–H groups in total. The topological polar surface area (TPSA) is 279 Å². The van der Waals surface area contributed by atoms with E-state index in [-0.39, 0.29) is 54.7 Å². The first-order valence-electron chi connectivity index (χ1n) is 37.7. The molecular weight excluding hydrogens is 1540 g/mol. The number of hydrogen-bond acceptors (Lipinski definition) is 22. The van der Waals surface area contributed by atoms with Crippen molar-refractivity contribution in [3.63, 3.8) is 0 Å². The Morgan fingerprint density at radius 3 is 1.18 bits per heavy atom. The van der Waals surface area contributed by atoms with E-state index in [1.54, 1.807) is 31.5 Å². The number of carboxylic acid groups (broad SMARTS) is 1. The number of halogens is 4. The Kier molecular flexibility index (Phi) is 27.6. The maximum atomic E-state index is 13.8. The number of aliphatic hydroxyl groups excluding tert-OH is 1. The fourth-order valence-corrected chi connectivity index (χ4v) is 14.0. The number of pyridine rings is 1. The number of carbonyl (C=O) groups is 1. The summed E-state index contributed by atoms with van der Waals surface area (Å²) in [5.41, 5.74) is 16.4. The molecule has 0 amide bonds. The lowest BCUT2D eigenvalue weighted by atomic mass is 9.94. The first-order chi connectivity index (χ1) is 57.6. The summed E-state index contributed by atoms with van der Waals surface area (Å²) in [6.45, 7) is 10.4. The Balaban J connectivity index is 0.000000146. The van der Waals surface area contributed by atoms with E-state index in [0.29, 0.717) is 91.9 Å². The number of nitrogens with zero attached hydrogens (tertiary/aromatic N) is 11. The molecule has 120 heavy (non-hydrogen) atoms. The van der Waals surface area contributed by atoms with E-state index in [0.717, 1.165) is 81.8 Å². The number of ether oxygens (including phenoxy) is 5. The third-order valence-electron chi connectivity index (χ3n) is 19.8. The van der Waals surface area contributed by atoms with Crippen molar-refractivity contribution in [2.24, 2.45) is 0 Å². The summed E-state index contributed by atoms with van der Waals surface area (Å²) in [5, 5.41) is 35.6. The Morgan fingerprint density at radius 2 is 0.808 bits per heavy atom. The minimum absolute atomic E-state index is 0. The van der Waals surface area contributed by atoms with Crippen molar-refractivity contribution in [1.82, 2.24) is 50.4 Å². The molecule has 15 aromatic rings. The molecule has 0 spiro atoms. The van der Waals surface area contributed by atoms with Gasteiger partial charge in [0, 0.05) is 43.1 Å². The smallest absolute Gasteiger partial charge is 0.336 e. The van der Waals surface area contributed by atoms with Gasteiger partial charge in [0.1, 0.15) is 52.1 Å². The van der Waals surface area contributed by atoms with Gasteiger partial charge in [0.2, 0.25) is 23.3 Å². The minimum Gasteiger partial charge on any atom is -0.496 e. The molecule has 1 saturated heterocycles. The van der Waals surface area contributed by atoms with Gasteiger partial charge in [-0.15, -0.1) is 0 Å². The summed E-state index contributed by atoms with van der Waals surface area (Å²) in [4.78, 5) is 38.6. The van der Waals surface area contributed by atoms with Crippen molar-refractivity contribution in [3.8, 4) is 148 Å². The highest BCUT2D eigenvalue weighted by Gasteiger charge is 2.29. The van der Waals surface area contributed by atoms with Crippen LogP contribution in [0.4, 0.5) is 23.4 Å². The van der Waals surface area contributed by atoms with Gasteiger partial charge in [-0.25, -0.2) is 27.3 Å². The molecule has 0 radical (unpaired) electrons. The average molecular weight is 1630 g/mol. The highest BCUT2D eigenvalue weighted by Crippen LogP contribution is 2.40. The number of hydrogen-bond donors (Lipinski definition) is 2. The van der Waals surface area contributed by atoms with E-state index in [2.05, 4.69) is 86.5 Å². The molecule has 10 aromatic carbocycles. The predicted molar refractivity (Wildman–Crippen MR) is 449 cm³/mol. The second-order valence-electron chi connectivity index (χ2n) is 28.0. The zero-order chi connectivity index (χ0) is 84.0. The molecule has 27 heteroatoms. The maximum Gasteiger partial charge on any atom is 0.336 e. The number of aliphatic hydroxyl groups is 1. The number of aryl methyl sites for hydroxylation is 4. The van der Waals surface area contributed by atoms with Gasteiger partial charge in [-0.05, 0) is 237 Å². The lowest BCUT2D eigenvalue weighted by Gasteiger charge is -2.26. The highest BCUT2D eigenvalue weighted by molar-refractivity contribution is 5.98. The van der Waals surface area contributed by atoms with Gasteiger partial charge in [0.05, 0.1) is 81.1 Å². The lowest BCUT2D eigenvalue weighted by Crippen LogP contribution is -2.33. The predicted octanol–water partition coefficient (Wildman–Crippen LogP) is 20.3. The molecule has 614 valence electrons. The van der Waals surface area contributed by atoms with Crippen LogP contribution in [0.2, 0.25) is 0 Å². The lowest BCUT2D eigenvalue weighted by molar-refractivity contribution is 0.0697. The van der Waals surface area contributed by atoms with Crippen molar-refractivity contribution in [1.29, 1.82) is 0 Å². The Labute approximate surface area is 690 Å². The molecule has 1 aliphatic rings. The van der Waals surface area contributed by atoms with E-state index in [9.17, 15) is 32.6 Å². The largest absolute Gasteiger partial charge is 0.496 e. The molecule has 16 rings (SSSR count). The van der Waals surface area contributed by atoms with Crippen LogP contribution < -0.4 is 23.8 Å². The normalized spacial score (nSPS) is 12.2. The zero-order valence-corrected chi connectivity index (χ0v) is 66.9. The third kappa shape index (κ3) is 19.5. The summed E-state index contributed by atoms with van der Waals surface area (Å²) < 4.78 is 103. The minimum atomic E-state index is -1.07. The number of benzene rings is 10. The molecule has 23 nitrogen and oxygen atoms in total. The van der Waals surface area contributed by atoms with Crippen molar-refractivity contribution < 1.29 is 74.3 Å². The van der Waals surface area contributed by atoms with E-state index in [1.807, 2.05) is 126 Å². The molecule has 0 aliphatic carbocycles. The van der Waals surface area contributed by atoms with Crippen molar-refractivity contribution in [2.75, 3.05) is 67.7 Å². The fraction of sp³-hybridized carbons (Fsp3) is 0.204. The summed E-state index contributed by atoms with van der Waals surface area (Å²) in [5.74, 6) is 2.00. The quantitative estimate of drug-likeness (QED) is 0.0596. The van der Waals surface area contributed by atoms with Crippen molar-refractivity contribution in [2.45, 2.75) is 67.2 Å². The van der Waals surface area contributed by atoms with Crippen LogP contribution in [0.5, 0.6) is 23.0 Å². The standard InChI is InChI=1S/C25H24FN3O2.C23H17FN2O4.C23H19FN2O3.C21H23FN4O3.CH4/c1-16-7-5-6-8-20(16)21-11-9-17(13-18(21)15-29(2)3)25-27-24(28-31-25)22-14-19(26)10-12-23(22)30-4;1-13-5-3-4-6-16(13)17-9-7-14(11-18(17)23(27)28)22-25-21(26-30-22)19-12-15(24)8-10-20(19)29-2;1-14-5-3-4-6-18(14)19-9-7-15(11-16(19)13-27)23-25-22(26-29-23)20-12-17(24)8-10-21(20)28-2;1-13-9-14(11-23-20(13)26-8-4-5-16(26)12-27-2)21-24-19(25-29-21)17-10-15(22)6-7-18(17)28-3;/h5-14H,15H2,1-4H3;3-12H,1-2H3,(H,27,28);3-12,27H,13H2,1-2H3;6-7,9-11,16H,4-5,8,12H2,1-3H3;1H4. The molecule has 0 bridgehead atoms. The van der Waals surface area contributed by atoms with E-state index in [1.165, 1.54) is 118 Å². The molecule has 1 atom stereocenters. The van der Waals surface area contributed by atoms with Crippen LogP contribution in [0.3, 0.4) is 0 Å². The van der Waals surface area contributed by atoms with Gasteiger partial charge in [0.15, 0.2) is 0 Å². The first-order valence-corrected chi connectivity index (χ1v) is 37.7. The number of rotatable bonds is 22. The second kappa shape index (κ2) is 38.8. The Hall–Kier alpha value is -14.0. The molecule has 6 heterocycles. The zero-order valence-electron chi connectivity index (χ0n) is 66.9. The molecule has 5 aromatic heterocycles. The summed E-state index contributed by atoms with van der Waals surface area (Å²) in [7, 11) is 11.8. The maximum absolute atomic E-state index is 13.8. The second-order valence-corrected chi connectivity index (χ2v) is 28.0. The van der Waals surface area contributed by atoms with E-state index in [4.69, 9.17) is 41.8 Å². The number of carboxylic acids is 1. The van der Waals surface area contributed by atoms with Crippen LogP contribution >= 0.6 is 0 Å². The number of aromatic carboxylic acids is 1. The molecule has 0 saturated carbocycles. The molecule has 1 aliphatic heterocycles. The molecular formula is C93H87F4N11O12.